The van der Waals surface area contributed by atoms with Crippen LogP contribution in [-0.4, -0.2) is 90.4 Å². The molecule has 0 N–H and O–H groups in total. The van der Waals surface area contributed by atoms with Crippen molar-refractivity contribution in [3.05, 3.63) is 83.3 Å². The molecule has 3 aromatic carbocycles. The van der Waals surface area contributed by atoms with Gasteiger partial charge in [0.2, 0.25) is 0 Å². The van der Waals surface area contributed by atoms with Crippen molar-refractivity contribution in [3.63, 3.8) is 0 Å². The van der Waals surface area contributed by atoms with Gasteiger partial charge in [0.15, 0.2) is 8.32 Å². The van der Waals surface area contributed by atoms with Crippen LogP contribution < -0.4 is 4.74 Å². The van der Waals surface area contributed by atoms with Gasteiger partial charge in [0, 0.05) is 73.9 Å². The molecule has 10 heteroatoms. The zero-order valence-corrected chi connectivity index (χ0v) is 36.2. The van der Waals surface area contributed by atoms with Crippen LogP contribution in [0.25, 0.3) is 32.8 Å². The first-order valence-corrected chi connectivity index (χ1v) is 22.9. The first-order chi connectivity index (χ1) is 25.9. The van der Waals surface area contributed by atoms with Crippen LogP contribution in [0.15, 0.2) is 60.7 Å². The number of nitrogens with zero attached hydrogens (tertiary/aromatic N) is 5. The lowest BCUT2D eigenvalue weighted by atomic mass is 9.98. The smallest absolute Gasteiger partial charge is 0.355 e. The molecule has 6 rings (SSSR count). The van der Waals surface area contributed by atoms with Gasteiger partial charge in [-0.15, -0.1) is 0 Å². The van der Waals surface area contributed by atoms with Crippen LogP contribution in [0.3, 0.4) is 0 Å². The van der Waals surface area contributed by atoms with Gasteiger partial charge in [-0.3, -0.25) is 9.58 Å². The third-order valence-corrected chi connectivity index (χ3v) is 16.1. The summed E-state index contributed by atoms with van der Waals surface area (Å²) in [5.74, 6) is 0.587. The number of hydrogen-bond acceptors (Lipinski definition) is 7. The minimum atomic E-state index is -2.06. The number of para-hydroxylation sites is 1. The molecular weight excluding hydrogens is 703 g/mol. The van der Waals surface area contributed by atoms with E-state index in [1.165, 1.54) is 0 Å². The van der Waals surface area contributed by atoms with Crippen molar-refractivity contribution in [2.45, 2.75) is 98.2 Å². The largest absolute Gasteiger partial charge is 0.493 e. The summed E-state index contributed by atoms with van der Waals surface area (Å²) in [7, 11) is 2.13. The van der Waals surface area contributed by atoms with Crippen LogP contribution in [0, 0.1) is 6.92 Å². The molecule has 1 fully saturated rings. The lowest BCUT2D eigenvalue weighted by Gasteiger charge is -2.36. The lowest BCUT2D eigenvalue weighted by Crippen LogP contribution is -2.45. The SMILES string of the molecule is Cc1c(-c2cccc3c(CCCOc4cccc5ccccc45)c(C(=O)OC(C)(C)C)n(CCN4CCN(C)CC4)c23)c(CO[Si](C)(C)C(C)(C)C)nn1C. The second kappa shape index (κ2) is 16.3. The number of fused-ring (bicyclic) bond motifs is 2. The standard InChI is InChI=1S/C45H63N5O4Si/c1-32-40(38(46-48(32)9)31-53-55(10,11)45(5,6)7)37-21-15-20-35-36(22-16-30-52-39-23-14-18-33-17-12-13-19-34(33)39)42(43(51)54-44(2,3)4)50(41(35)37)29-28-49-26-24-47(8)25-27-49/h12-15,17-21,23H,16,22,24-31H2,1-11H3. The number of aryl methyl sites for hydroxylation is 2. The minimum Gasteiger partial charge on any atom is -0.493 e. The highest BCUT2D eigenvalue weighted by molar-refractivity contribution is 6.74. The molecule has 0 bridgehead atoms. The van der Waals surface area contributed by atoms with E-state index in [1.807, 2.05) is 50.7 Å². The van der Waals surface area contributed by atoms with Crippen LogP contribution in [0.1, 0.15) is 75.4 Å². The summed E-state index contributed by atoms with van der Waals surface area (Å²) in [4.78, 5) is 19.4. The summed E-state index contributed by atoms with van der Waals surface area (Å²) >= 11 is 0. The number of hydrogen-bond donors (Lipinski definition) is 0. The Labute approximate surface area is 329 Å². The number of likely N-dealkylation sites (N-methyl/N-ethyl adjacent to an activating group) is 1. The fraction of sp³-hybridized carbons (Fsp3) is 0.511. The molecule has 0 aliphatic carbocycles. The van der Waals surface area contributed by atoms with Crippen molar-refractivity contribution in [1.29, 1.82) is 0 Å². The highest BCUT2D eigenvalue weighted by Crippen LogP contribution is 2.41. The summed E-state index contributed by atoms with van der Waals surface area (Å²) in [5, 5.41) is 8.44. The van der Waals surface area contributed by atoms with Gasteiger partial charge in [0.1, 0.15) is 17.0 Å². The molecule has 0 atom stereocenters. The molecule has 0 amide bonds. The van der Waals surface area contributed by atoms with Crippen molar-refractivity contribution in [1.82, 2.24) is 24.1 Å². The van der Waals surface area contributed by atoms with Crippen LogP contribution in [0.2, 0.25) is 18.1 Å². The van der Waals surface area contributed by atoms with Gasteiger partial charge in [-0.1, -0.05) is 75.4 Å². The van der Waals surface area contributed by atoms with Gasteiger partial charge >= 0.3 is 5.97 Å². The predicted octanol–water partition coefficient (Wildman–Crippen LogP) is 9.24. The van der Waals surface area contributed by atoms with Crippen molar-refractivity contribution >= 4 is 36.0 Å². The molecule has 1 aliphatic rings. The summed E-state index contributed by atoms with van der Waals surface area (Å²) in [6, 6.07) is 21.0. The Kier molecular flexibility index (Phi) is 12.0. The number of rotatable bonds is 13. The van der Waals surface area contributed by atoms with E-state index in [4.69, 9.17) is 19.0 Å². The number of carbonyl (C=O) groups excluding carboxylic acids is 1. The molecule has 55 heavy (non-hydrogen) atoms. The second-order valence-electron chi connectivity index (χ2n) is 17.8. The van der Waals surface area contributed by atoms with Gasteiger partial charge in [-0.25, -0.2) is 4.79 Å². The molecule has 1 aliphatic heterocycles. The van der Waals surface area contributed by atoms with E-state index in [-0.39, 0.29) is 11.0 Å². The van der Waals surface area contributed by atoms with Crippen molar-refractivity contribution in [3.8, 4) is 16.9 Å². The van der Waals surface area contributed by atoms with Crippen LogP contribution in [-0.2, 0) is 35.8 Å². The van der Waals surface area contributed by atoms with Gasteiger partial charge in [0.05, 0.1) is 24.4 Å². The lowest BCUT2D eigenvalue weighted by molar-refractivity contribution is 0.00560. The van der Waals surface area contributed by atoms with Crippen LogP contribution in [0.5, 0.6) is 5.75 Å². The summed E-state index contributed by atoms with van der Waals surface area (Å²) in [6.07, 6.45) is 1.40. The molecule has 0 spiro atoms. The maximum atomic E-state index is 14.5. The van der Waals surface area contributed by atoms with E-state index in [0.29, 0.717) is 31.9 Å². The number of aromatic nitrogens is 3. The first kappa shape index (κ1) is 40.7. The molecule has 3 heterocycles. The maximum absolute atomic E-state index is 14.5. The van der Waals surface area contributed by atoms with E-state index in [2.05, 4.69) is 105 Å². The number of benzene rings is 3. The molecule has 0 saturated carbocycles. The van der Waals surface area contributed by atoms with E-state index in [9.17, 15) is 4.79 Å². The van der Waals surface area contributed by atoms with E-state index in [1.54, 1.807) is 0 Å². The Morgan fingerprint density at radius 1 is 0.855 bits per heavy atom. The van der Waals surface area contributed by atoms with Crippen molar-refractivity contribution in [2.75, 3.05) is 46.4 Å². The average Bonchev–Trinajstić information content (AvgIpc) is 3.60. The predicted molar refractivity (Wildman–Crippen MR) is 228 cm³/mol. The number of ether oxygens (including phenoxy) is 2. The second-order valence-corrected chi connectivity index (χ2v) is 22.6. The molecule has 2 aromatic heterocycles. The Hall–Kier alpha value is -3.96. The molecule has 9 nitrogen and oxygen atoms in total. The quantitative estimate of drug-likeness (QED) is 0.0673. The average molecular weight is 766 g/mol. The Morgan fingerprint density at radius 3 is 2.24 bits per heavy atom. The third-order valence-electron chi connectivity index (χ3n) is 11.6. The van der Waals surface area contributed by atoms with Gasteiger partial charge < -0.3 is 23.4 Å². The maximum Gasteiger partial charge on any atom is 0.355 e. The monoisotopic (exact) mass is 765 g/mol. The normalized spacial score (nSPS) is 15.0. The topological polar surface area (TPSA) is 74.0 Å². The highest BCUT2D eigenvalue weighted by Gasteiger charge is 2.38. The first-order valence-electron chi connectivity index (χ1n) is 20.0. The third kappa shape index (κ3) is 9.04. The molecule has 296 valence electrons. The molecular formula is C45H63N5O4Si. The molecule has 0 radical (unpaired) electrons. The fourth-order valence-corrected chi connectivity index (χ4v) is 8.31. The van der Waals surface area contributed by atoms with Gasteiger partial charge in [-0.05, 0) is 82.7 Å². The van der Waals surface area contributed by atoms with E-state index in [0.717, 1.165) is 94.6 Å². The van der Waals surface area contributed by atoms with E-state index < -0.39 is 13.9 Å². The minimum absolute atomic E-state index is 0.0729. The van der Waals surface area contributed by atoms with Gasteiger partial charge in [-0.2, -0.15) is 5.10 Å². The Morgan fingerprint density at radius 2 is 1.53 bits per heavy atom. The molecule has 0 unspecified atom stereocenters. The zero-order chi connectivity index (χ0) is 39.7. The Balaban J connectivity index is 1.45. The number of carbonyl (C=O) groups is 1. The fourth-order valence-electron chi connectivity index (χ4n) is 7.38. The number of piperazine rings is 1. The molecule has 1 saturated heterocycles. The number of esters is 1. The van der Waals surface area contributed by atoms with Gasteiger partial charge in [0.25, 0.3) is 0 Å². The van der Waals surface area contributed by atoms with Crippen molar-refractivity contribution in [2.24, 2.45) is 7.05 Å². The summed E-state index contributed by atoms with van der Waals surface area (Å²) in [6.45, 7) is 25.9. The zero-order valence-electron chi connectivity index (χ0n) is 35.2. The Bertz CT molecular complexity index is 2120. The highest BCUT2D eigenvalue weighted by atomic mass is 28.4. The summed E-state index contributed by atoms with van der Waals surface area (Å²) < 4.78 is 23.7. The molecule has 5 aromatic rings. The summed E-state index contributed by atoms with van der Waals surface area (Å²) in [5.41, 5.74) is 6.17. The van der Waals surface area contributed by atoms with Crippen LogP contribution >= 0.6 is 0 Å². The van der Waals surface area contributed by atoms with E-state index >= 15 is 0 Å². The van der Waals surface area contributed by atoms with Crippen molar-refractivity contribution < 1.29 is 18.7 Å². The van der Waals surface area contributed by atoms with Crippen LogP contribution in [0.4, 0.5) is 0 Å².